The molecule has 0 aromatic heterocycles. The SMILES string of the molecule is CCCCCCC/C=C\C/C=C\CCCCCCCCCCCCCC(=O)OC(COC(=O)CC)COP(=O)(O)OC1C(O)C(O)C(O)C(O)C1O. The zero-order chi connectivity index (χ0) is 38.6. The van der Waals surface area contributed by atoms with Crippen LogP contribution in [0.15, 0.2) is 24.3 Å². The minimum atomic E-state index is -5.08. The first kappa shape index (κ1) is 48.3. The van der Waals surface area contributed by atoms with Crippen molar-refractivity contribution in [2.24, 2.45) is 0 Å². The predicted octanol–water partition coefficient (Wildman–Crippen LogP) is 6.11. The molecule has 1 rings (SSSR count). The second kappa shape index (κ2) is 29.7. The predicted molar refractivity (Wildman–Crippen MR) is 198 cm³/mol. The molecule has 0 aliphatic heterocycles. The van der Waals surface area contributed by atoms with Gasteiger partial charge in [-0.1, -0.05) is 122 Å². The second-order valence-corrected chi connectivity index (χ2v) is 15.2. The van der Waals surface area contributed by atoms with Gasteiger partial charge in [0, 0.05) is 12.8 Å². The minimum Gasteiger partial charge on any atom is -0.462 e. The summed E-state index contributed by atoms with van der Waals surface area (Å²) in [5.41, 5.74) is 0. The lowest BCUT2D eigenvalue weighted by Crippen LogP contribution is -2.64. The van der Waals surface area contributed by atoms with Crippen LogP contribution in [0.3, 0.4) is 0 Å². The molecule has 6 N–H and O–H groups in total. The molecule has 304 valence electrons. The highest BCUT2D eigenvalue weighted by Gasteiger charge is 2.51. The molecule has 0 aromatic carbocycles. The van der Waals surface area contributed by atoms with Gasteiger partial charge >= 0.3 is 19.8 Å². The van der Waals surface area contributed by atoms with Crippen LogP contribution in [0.2, 0.25) is 0 Å². The van der Waals surface area contributed by atoms with Crippen LogP contribution in [0.4, 0.5) is 0 Å². The molecule has 14 heteroatoms. The van der Waals surface area contributed by atoms with E-state index in [0.29, 0.717) is 6.42 Å². The lowest BCUT2D eigenvalue weighted by Gasteiger charge is -2.41. The van der Waals surface area contributed by atoms with Gasteiger partial charge in [-0.15, -0.1) is 0 Å². The second-order valence-electron chi connectivity index (χ2n) is 13.7. The Morgan fingerprint density at radius 2 is 1.08 bits per heavy atom. The van der Waals surface area contributed by atoms with E-state index >= 15 is 0 Å². The van der Waals surface area contributed by atoms with Crippen molar-refractivity contribution < 1.29 is 63.1 Å². The smallest absolute Gasteiger partial charge is 0.462 e. The third-order valence-electron chi connectivity index (χ3n) is 9.10. The Kier molecular flexibility index (Phi) is 27.6. The number of unbranched alkanes of at least 4 members (excludes halogenated alkanes) is 16. The number of phosphoric acid groups is 1. The molecule has 0 bridgehead atoms. The van der Waals surface area contributed by atoms with Crippen molar-refractivity contribution in [1.82, 2.24) is 0 Å². The van der Waals surface area contributed by atoms with Gasteiger partial charge in [0.2, 0.25) is 0 Å². The van der Waals surface area contributed by atoms with E-state index in [1.54, 1.807) is 6.92 Å². The first-order valence-electron chi connectivity index (χ1n) is 19.6. The zero-order valence-corrected chi connectivity index (χ0v) is 32.5. The summed E-state index contributed by atoms with van der Waals surface area (Å²) in [6, 6.07) is 0. The van der Waals surface area contributed by atoms with Crippen LogP contribution in [0.1, 0.15) is 149 Å². The maximum Gasteiger partial charge on any atom is 0.472 e. The Morgan fingerprint density at radius 1 is 0.615 bits per heavy atom. The van der Waals surface area contributed by atoms with Crippen molar-refractivity contribution in [3.63, 3.8) is 0 Å². The van der Waals surface area contributed by atoms with E-state index in [1.807, 2.05) is 0 Å². The Hall–Kier alpha value is -1.67. The maximum absolute atomic E-state index is 12.5. The molecule has 52 heavy (non-hydrogen) atoms. The van der Waals surface area contributed by atoms with Crippen LogP contribution in [-0.4, -0.2) is 98.3 Å². The summed E-state index contributed by atoms with van der Waals surface area (Å²) in [6.07, 6.45) is 18.3. The maximum atomic E-state index is 12.5. The average Bonchev–Trinajstić information content (AvgIpc) is 3.13. The van der Waals surface area contributed by atoms with Gasteiger partial charge in [0.1, 0.15) is 43.2 Å². The van der Waals surface area contributed by atoms with E-state index in [1.165, 1.54) is 77.0 Å². The standard InChI is InChI=1S/C38H69O13P/c1-3-5-6-7-8-9-10-11-12-13-14-15-16-17-18-19-20-21-22-23-24-25-26-27-32(40)50-30(28-48-31(39)4-2)29-49-52(46,47)51-38-36(44)34(42)33(41)35(43)37(38)45/h10-11,13-14,30,33-38,41-45H,3-9,12,15-29H2,1-2H3,(H,46,47)/b11-10-,14-13-. The van der Waals surface area contributed by atoms with Gasteiger partial charge in [-0.05, 0) is 38.5 Å². The van der Waals surface area contributed by atoms with Crippen molar-refractivity contribution in [3.8, 4) is 0 Å². The van der Waals surface area contributed by atoms with Gasteiger partial charge in [0.25, 0.3) is 0 Å². The quantitative estimate of drug-likeness (QED) is 0.0204. The van der Waals surface area contributed by atoms with Crippen LogP contribution in [0.25, 0.3) is 0 Å². The fraction of sp³-hybridized carbons (Fsp3) is 0.842. The normalized spacial score (nSPS) is 23.9. The van der Waals surface area contributed by atoms with E-state index in [9.17, 15) is 44.6 Å². The van der Waals surface area contributed by atoms with Crippen molar-refractivity contribution in [2.45, 2.75) is 191 Å². The third kappa shape index (κ3) is 22.5. The number of aliphatic hydroxyl groups excluding tert-OH is 5. The fourth-order valence-corrected chi connectivity index (χ4v) is 6.80. The number of aliphatic hydroxyl groups is 5. The summed E-state index contributed by atoms with van der Waals surface area (Å²) < 4.78 is 32.5. The largest absolute Gasteiger partial charge is 0.472 e. The van der Waals surface area contributed by atoms with E-state index in [4.69, 9.17) is 18.5 Å². The number of carbonyl (C=O) groups is 2. The lowest BCUT2D eigenvalue weighted by molar-refractivity contribution is -0.220. The minimum absolute atomic E-state index is 0.0483. The Labute approximate surface area is 311 Å². The van der Waals surface area contributed by atoms with Gasteiger partial charge in [-0.25, -0.2) is 4.57 Å². The number of hydrogen-bond acceptors (Lipinski definition) is 12. The molecule has 13 nitrogen and oxygen atoms in total. The average molecular weight is 765 g/mol. The molecular weight excluding hydrogens is 695 g/mol. The number of ether oxygens (including phenoxy) is 2. The zero-order valence-electron chi connectivity index (χ0n) is 31.6. The summed E-state index contributed by atoms with van der Waals surface area (Å²) >= 11 is 0. The number of phosphoric ester groups is 1. The highest BCUT2D eigenvalue weighted by atomic mass is 31.2. The topological polar surface area (TPSA) is 210 Å². The Bertz CT molecular complexity index is 1020. The number of rotatable bonds is 31. The molecular formula is C38H69O13P. The molecule has 0 aromatic rings. The fourth-order valence-electron chi connectivity index (χ4n) is 5.83. The van der Waals surface area contributed by atoms with Gasteiger partial charge < -0.3 is 39.9 Å². The van der Waals surface area contributed by atoms with Gasteiger partial charge in [0.05, 0.1) is 6.61 Å². The summed E-state index contributed by atoms with van der Waals surface area (Å²) in [5.74, 6) is -1.20. The van der Waals surface area contributed by atoms with Crippen molar-refractivity contribution >= 4 is 19.8 Å². The molecule has 1 aliphatic rings. The molecule has 0 saturated heterocycles. The van der Waals surface area contributed by atoms with Crippen LogP contribution in [-0.2, 0) is 32.7 Å². The monoisotopic (exact) mass is 764 g/mol. The van der Waals surface area contributed by atoms with Crippen LogP contribution in [0, 0.1) is 0 Å². The summed E-state index contributed by atoms with van der Waals surface area (Å²) in [7, 11) is -5.08. The molecule has 6 atom stereocenters. The van der Waals surface area contributed by atoms with Crippen molar-refractivity contribution in [2.75, 3.05) is 13.2 Å². The Balaban J connectivity index is 2.19. The van der Waals surface area contributed by atoms with E-state index < -0.39 is 75.7 Å². The molecule has 0 amide bonds. The van der Waals surface area contributed by atoms with Gasteiger partial charge in [0.15, 0.2) is 6.10 Å². The number of allylic oxidation sites excluding steroid dienone is 4. The summed E-state index contributed by atoms with van der Waals surface area (Å²) in [5, 5.41) is 49.5. The van der Waals surface area contributed by atoms with Crippen LogP contribution in [0.5, 0.6) is 0 Å². The highest BCUT2D eigenvalue weighted by molar-refractivity contribution is 7.47. The number of carbonyl (C=O) groups excluding carboxylic acids is 2. The van der Waals surface area contributed by atoms with Crippen LogP contribution >= 0.6 is 7.82 Å². The van der Waals surface area contributed by atoms with E-state index in [0.717, 1.165) is 38.5 Å². The lowest BCUT2D eigenvalue weighted by atomic mass is 9.85. The van der Waals surface area contributed by atoms with Gasteiger partial charge in [-0.3, -0.25) is 18.6 Å². The first-order chi connectivity index (χ1) is 24.9. The van der Waals surface area contributed by atoms with Crippen LogP contribution < -0.4 is 0 Å². The molecule has 1 aliphatic carbocycles. The number of hydrogen-bond donors (Lipinski definition) is 6. The third-order valence-corrected chi connectivity index (χ3v) is 10.1. The molecule has 0 heterocycles. The highest BCUT2D eigenvalue weighted by Crippen LogP contribution is 2.47. The molecule has 1 fully saturated rings. The summed E-state index contributed by atoms with van der Waals surface area (Å²) in [6.45, 7) is 2.62. The first-order valence-corrected chi connectivity index (χ1v) is 21.1. The number of esters is 2. The molecule has 6 unspecified atom stereocenters. The Morgan fingerprint density at radius 3 is 1.58 bits per heavy atom. The summed E-state index contributed by atoms with van der Waals surface area (Å²) in [4.78, 5) is 34.3. The van der Waals surface area contributed by atoms with Gasteiger partial charge in [-0.2, -0.15) is 0 Å². The molecule has 1 saturated carbocycles. The molecule has 0 spiro atoms. The van der Waals surface area contributed by atoms with E-state index in [2.05, 4.69) is 31.2 Å². The molecule has 0 radical (unpaired) electrons. The van der Waals surface area contributed by atoms with Crippen molar-refractivity contribution in [3.05, 3.63) is 24.3 Å². The van der Waals surface area contributed by atoms with Crippen molar-refractivity contribution in [1.29, 1.82) is 0 Å². The van der Waals surface area contributed by atoms with E-state index in [-0.39, 0.29) is 12.8 Å².